The van der Waals surface area contributed by atoms with Crippen LogP contribution in [0, 0.1) is 10.1 Å². The minimum Gasteiger partial charge on any atom is -0.487 e. The Morgan fingerprint density at radius 2 is 1.55 bits per heavy atom. The minimum absolute atomic E-state index is 0.0335. The van der Waals surface area contributed by atoms with Gasteiger partial charge in [-0.05, 0) is 6.07 Å². The van der Waals surface area contributed by atoms with Gasteiger partial charge in [0, 0.05) is 17.6 Å². The molecule has 0 saturated carbocycles. The first kappa shape index (κ1) is 16.9. The largest absolute Gasteiger partial charge is 0.487 e. The van der Waals surface area contributed by atoms with Crippen molar-refractivity contribution in [2.45, 2.75) is 0 Å². The van der Waals surface area contributed by atoms with E-state index in [1.807, 2.05) is 0 Å². The maximum Gasteiger partial charge on any atom is 0.273 e. The van der Waals surface area contributed by atoms with Crippen molar-refractivity contribution in [2.24, 2.45) is 0 Å². The number of rotatable bonds is 1. The van der Waals surface area contributed by atoms with E-state index in [9.17, 15) is 10.1 Å². The molecule has 1 aromatic carbocycles. The van der Waals surface area contributed by atoms with Crippen LogP contribution in [-0.4, -0.2) is 56.1 Å². The van der Waals surface area contributed by atoms with Crippen LogP contribution < -0.4 is 9.47 Å². The highest BCUT2D eigenvalue weighted by molar-refractivity contribution is 7.99. The lowest BCUT2D eigenvalue weighted by Crippen LogP contribution is -2.10. The Morgan fingerprint density at radius 3 is 2.18 bits per heavy atom. The molecular formula is C14H19NO6S. The molecule has 0 aromatic heterocycles. The monoisotopic (exact) mass is 329 g/mol. The Kier molecular flexibility index (Phi) is 7.27. The van der Waals surface area contributed by atoms with Gasteiger partial charge in [0.2, 0.25) is 0 Å². The molecule has 22 heavy (non-hydrogen) atoms. The predicted octanol–water partition coefficient (Wildman–Crippen LogP) is 2.13. The molecule has 0 bridgehead atoms. The molecule has 7 nitrogen and oxygen atoms in total. The van der Waals surface area contributed by atoms with Gasteiger partial charge in [-0.15, -0.1) is 0 Å². The van der Waals surface area contributed by atoms with Crippen molar-refractivity contribution in [1.29, 1.82) is 0 Å². The number of benzene rings is 1. The Hall–Kier alpha value is -1.51. The molecule has 1 aromatic rings. The summed E-state index contributed by atoms with van der Waals surface area (Å²) < 4.78 is 22.0. The zero-order chi connectivity index (χ0) is 15.6. The van der Waals surface area contributed by atoms with Gasteiger partial charge in [0.25, 0.3) is 5.69 Å². The van der Waals surface area contributed by atoms with E-state index in [0.717, 1.165) is 11.5 Å². The Balaban J connectivity index is 2.02. The van der Waals surface area contributed by atoms with Crippen LogP contribution in [0.1, 0.15) is 0 Å². The second-order valence-electron chi connectivity index (χ2n) is 4.42. The quantitative estimate of drug-likeness (QED) is 0.577. The van der Waals surface area contributed by atoms with Gasteiger partial charge >= 0.3 is 0 Å². The topological polar surface area (TPSA) is 80.1 Å². The third kappa shape index (κ3) is 5.70. The van der Waals surface area contributed by atoms with Crippen LogP contribution in [0.15, 0.2) is 18.2 Å². The minimum atomic E-state index is -0.462. The van der Waals surface area contributed by atoms with Crippen LogP contribution in [0.2, 0.25) is 0 Å². The van der Waals surface area contributed by atoms with Gasteiger partial charge in [-0.25, -0.2) is 0 Å². The van der Waals surface area contributed by atoms with Crippen LogP contribution in [0.5, 0.6) is 11.5 Å². The molecule has 0 unspecified atom stereocenters. The lowest BCUT2D eigenvalue weighted by atomic mass is 10.3. The first-order valence-electron chi connectivity index (χ1n) is 7.04. The molecule has 0 amide bonds. The molecule has 1 aliphatic heterocycles. The highest BCUT2D eigenvalue weighted by atomic mass is 32.2. The van der Waals surface area contributed by atoms with Gasteiger partial charge in [0.15, 0.2) is 11.5 Å². The summed E-state index contributed by atoms with van der Waals surface area (Å²) in [5, 5.41) is 10.8. The van der Waals surface area contributed by atoms with E-state index >= 15 is 0 Å². The van der Waals surface area contributed by atoms with E-state index in [4.69, 9.17) is 18.9 Å². The summed E-state index contributed by atoms with van der Waals surface area (Å²) >= 11 is 1.77. The van der Waals surface area contributed by atoms with Crippen LogP contribution in [-0.2, 0) is 9.47 Å². The Labute approximate surface area is 133 Å². The van der Waals surface area contributed by atoms with Gasteiger partial charge in [0.05, 0.1) is 37.4 Å². The number of nitro benzene ring substituents is 1. The molecule has 8 heteroatoms. The Bertz CT molecular complexity index is 484. The van der Waals surface area contributed by atoms with Crippen LogP contribution in [0.25, 0.3) is 0 Å². The highest BCUT2D eigenvalue weighted by Crippen LogP contribution is 2.31. The molecule has 1 aliphatic rings. The van der Waals surface area contributed by atoms with Crippen molar-refractivity contribution in [2.75, 3.05) is 51.1 Å². The molecule has 0 spiro atoms. The SMILES string of the molecule is O=[N+]([O-])c1ccc2c(c1)OCCOCCSCCOCCO2. The van der Waals surface area contributed by atoms with E-state index < -0.39 is 4.92 Å². The molecule has 2 rings (SSSR count). The number of nitrogens with zero attached hydrogens (tertiary/aromatic N) is 1. The van der Waals surface area contributed by atoms with Crippen molar-refractivity contribution in [3.8, 4) is 11.5 Å². The molecule has 1 heterocycles. The molecule has 0 N–H and O–H groups in total. The average molecular weight is 329 g/mol. The maximum absolute atomic E-state index is 10.8. The van der Waals surface area contributed by atoms with Crippen LogP contribution >= 0.6 is 11.8 Å². The number of thioether (sulfide) groups is 1. The summed E-state index contributed by atoms with van der Waals surface area (Å²) in [6.07, 6.45) is 0. The molecule has 0 saturated heterocycles. The van der Waals surface area contributed by atoms with Crippen molar-refractivity contribution < 1.29 is 23.9 Å². The number of nitro groups is 1. The molecule has 0 atom stereocenters. The van der Waals surface area contributed by atoms with Crippen molar-refractivity contribution >= 4 is 17.4 Å². The molecule has 122 valence electrons. The van der Waals surface area contributed by atoms with Crippen LogP contribution in [0.4, 0.5) is 5.69 Å². The molecule has 0 fully saturated rings. The van der Waals surface area contributed by atoms with Gasteiger partial charge in [-0.3, -0.25) is 10.1 Å². The lowest BCUT2D eigenvalue weighted by molar-refractivity contribution is -0.385. The number of hydrogen-bond acceptors (Lipinski definition) is 7. The highest BCUT2D eigenvalue weighted by Gasteiger charge is 2.13. The third-order valence-electron chi connectivity index (χ3n) is 2.85. The van der Waals surface area contributed by atoms with E-state index in [-0.39, 0.29) is 5.69 Å². The van der Waals surface area contributed by atoms with Crippen molar-refractivity contribution in [3.63, 3.8) is 0 Å². The maximum atomic E-state index is 10.8. The smallest absolute Gasteiger partial charge is 0.273 e. The normalized spacial score (nSPS) is 18.0. The first-order valence-corrected chi connectivity index (χ1v) is 8.20. The van der Waals surface area contributed by atoms with Crippen molar-refractivity contribution in [1.82, 2.24) is 0 Å². The third-order valence-corrected chi connectivity index (χ3v) is 3.76. The van der Waals surface area contributed by atoms with E-state index in [0.29, 0.717) is 51.1 Å². The number of hydrogen-bond donors (Lipinski definition) is 0. The predicted molar refractivity (Wildman–Crippen MR) is 83.0 cm³/mol. The molecule has 0 radical (unpaired) electrons. The second-order valence-corrected chi connectivity index (χ2v) is 5.65. The summed E-state index contributed by atoms with van der Waals surface area (Å²) in [5.41, 5.74) is -0.0335. The standard InChI is InChI=1S/C14H19NO6S/c16-15(17)12-1-2-13-14(11-12)21-6-4-19-8-10-22-9-7-18-3-5-20-13/h1-2,11H,3-10H2. The Morgan fingerprint density at radius 1 is 0.909 bits per heavy atom. The fourth-order valence-electron chi connectivity index (χ4n) is 1.81. The van der Waals surface area contributed by atoms with E-state index in [1.165, 1.54) is 12.1 Å². The van der Waals surface area contributed by atoms with Crippen molar-refractivity contribution in [3.05, 3.63) is 28.3 Å². The first-order chi connectivity index (χ1) is 10.8. The van der Waals surface area contributed by atoms with E-state index in [2.05, 4.69) is 0 Å². The zero-order valence-corrected chi connectivity index (χ0v) is 13.0. The second kappa shape index (κ2) is 9.50. The fraction of sp³-hybridized carbons (Fsp3) is 0.571. The van der Waals surface area contributed by atoms with Gasteiger partial charge in [-0.2, -0.15) is 11.8 Å². The average Bonchev–Trinajstić information content (AvgIpc) is 2.52. The number of fused-ring (bicyclic) bond motifs is 1. The molecule has 0 aliphatic carbocycles. The lowest BCUT2D eigenvalue weighted by Gasteiger charge is -2.12. The summed E-state index contributed by atoms with van der Waals surface area (Å²) in [5.74, 6) is 2.64. The van der Waals surface area contributed by atoms with Gasteiger partial charge < -0.3 is 18.9 Å². The van der Waals surface area contributed by atoms with E-state index in [1.54, 1.807) is 17.8 Å². The molecular weight excluding hydrogens is 310 g/mol. The zero-order valence-electron chi connectivity index (χ0n) is 12.2. The summed E-state index contributed by atoms with van der Waals surface area (Å²) in [6, 6.07) is 4.30. The number of ether oxygens (including phenoxy) is 4. The van der Waals surface area contributed by atoms with Gasteiger partial charge in [-0.1, -0.05) is 0 Å². The summed E-state index contributed by atoms with van der Waals surface area (Å²) in [4.78, 5) is 10.4. The van der Waals surface area contributed by atoms with Gasteiger partial charge in [0.1, 0.15) is 13.2 Å². The fourth-order valence-corrected chi connectivity index (χ4v) is 2.48. The summed E-state index contributed by atoms with van der Waals surface area (Å²) in [6.45, 7) is 2.89. The summed E-state index contributed by atoms with van der Waals surface area (Å²) in [7, 11) is 0. The van der Waals surface area contributed by atoms with Crippen LogP contribution in [0.3, 0.4) is 0 Å². The number of non-ortho nitro benzene ring substituents is 1.